The lowest BCUT2D eigenvalue weighted by atomic mass is 9.91. The molecule has 2 fully saturated rings. The number of thiazole rings is 1. The molecule has 3 atom stereocenters. The van der Waals surface area contributed by atoms with E-state index in [1.807, 2.05) is 17.9 Å². The topological polar surface area (TPSA) is 68.2 Å². The van der Waals surface area contributed by atoms with Gasteiger partial charge in [-0.2, -0.15) is 0 Å². The number of carbonyl (C=O) groups excluding carboxylic acids is 1. The summed E-state index contributed by atoms with van der Waals surface area (Å²) in [7, 11) is 0. The summed E-state index contributed by atoms with van der Waals surface area (Å²) in [6, 6.07) is 1.92. The van der Waals surface area contributed by atoms with Crippen molar-refractivity contribution in [3.63, 3.8) is 0 Å². The van der Waals surface area contributed by atoms with Gasteiger partial charge >= 0.3 is 0 Å². The number of fused-ring (bicyclic) bond motifs is 1. The lowest BCUT2D eigenvalue weighted by Gasteiger charge is -2.33. The molecular formula is C16H18N4O2S. The molecule has 4 heterocycles. The molecule has 2 aliphatic rings. The number of piperidine rings is 1. The summed E-state index contributed by atoms with van der Waals surface area (Å²) in [5, 5.41) is 1.80. The molecule has 2 aromatic rings. The van der Waals surface area contributed by atoms with Crippen molar-refractivity contribution in [3.05, 3.63) is 40.4 Å². The maximum absolute atomic E-state index is 12.4. The van der Waals surface area contributed by atoms with Crippen LogP contribution in [-0.4, -0.2) is 45.0 Å². The Bertz CT molecular complexity index is 706. The summed E-state index contributed by atoms with van der Waals surface area (Å²) in [6.07, 6.45) is 3.83. The van der Waals surface area contributed by atoms with E-state index in [0.717, 1.165) is 30.9 Å². The van der Waals surface area contributed by atoms with Crippen LogP contribution < -0.4 is 0 Å². The normalized spacial score (nSPS) is 27.0. The van der Waals surface area contributed by atoms with E-state index in [2.05, 4.69) is 15.0 Å². The molecule has 23 heavy (non-hydrogen) atoms. The van der Waals surface area contributed by atoms with Gasteiger partial charge < -0.3 is 9.64 Å². The van der Waals surface area contributed by atoms with Crippen molar-refractivity contribution in [2.45, 2.75) is 32.0 Å². The van der Waals surface area contributed by atoms with Gasteiger partial charge in [-0.1, -0.05) is 0 Å². The molecular weight excluding hydrogens is 312 g/mol. The third-order valence-electron chi connectivity index (χ3n) is 4.62. The molecule has 0 aliphatic carbocycles. The molecule has 2 aliphatic heterocycles. The molecule has 7 heteroatoms. The van der Waals surface area contributed by atoms with Gasteiger partial charge in [-0.05, 0) is 31.7 Å². The average molecular weight is 330 g/mol. The van der Waals surface area contributed by atoms with E-state index < -0.39 is 0 Å². The summed E-state index contributed by atoms with van der Waals surface area (Å²) in [5.74, 6) is 1.27. The van der Waals surface area contributed by atoms with Crippen molar-refractivity contribution in [2.75, 3.05) is 13.1 Å². The molecule has 4 rings (SSSR count). The smallest absolute Gasteiger partial charge is 0.273 e. The van der Waals surface area contributed by atoms with Gasteiger partial charge in [-0.3, -0.25) is 4.79 Å². The maximum atomic E-state index is 12.4. The standard InChI is InChI=1S/C16H18N4O2S/c1-10-17-4-2-12(19-10)14-6-11-3-5-20(7-15(11)22-14)16(21)13-8-23-9-18-13/h2,4,8-9,11,14-15H,3,5-7H2,1H3/t11-,14+,15+/m0/s1. The van der Waals surface area contributed by atoms with Gasteiger partial charge in [-0.15, -0.1) is 11.3 Å². The molecule has 0 bridgehead atoms. The average Bonchev–Trinajstić information content (AvgIpc) is 3.23. The van der Waals surface area contributed by atoms with Crippen LogP contribution in [0, 0.1) is 12.8 Å². The number of aromatic nitrogens is 3. The van der Waals surface area contributed by atoms with Crippen molar-refractivity contribution in [2.24, 2.45) is 5.92 Å². The highest BCUT2D eigenvalue weighted by atomic mass is 32.1. The van der Waals surface area contributed by atoms with Gasteiger partial charge in [0.2, 0.25) is 0 Å². The number of carbonyl (C=O) groups is 1. The maximum Gasteiger partial charge on any atom is 0.273 e. The van der Waals surface area contributed by atoms with Gasteiger partial charge in [0, 0.05) is 24.7 Å². The van der Waals surface area contributed by atoms with Gasteiger partial charge in [0.05, 0.1) is 17.3 Å². The largest absolute Gasteiger partial charge is 0.367 e. The summed E-state index contributed by atoms with van der Waals surface area (Å²) in [4.78, 5) is 27.0. The number of rotatable bonds is 2. The number of amides is 1. The minimum Gasteiger partial charge on any atom is -0.367 e. The molecule has 0 saturated carbocycles. The fourth-order valence-electron chi connectivity index (χ4n) is 3.44. The second kappa shape index (κ2) is 5.98. The number of aryl methyl sites for hydroxylation is 1. The Morgan fingerprint density at radius 1 is 1.43 bits per heavy atom. The molecule has 6 nitrogen and oxygen atoms in total. The van der Waals surface area contributed by atoms with Gasteiger partial charge in [-0.25, -0.2) is 15.0 Å². The van der Waals surface area contributed by atoms with Crippen LogP contribution in [0.3, 0.4) is 0 Å². The highest BCUT2D eigenvalue weighted by Gasteiger charge is 2.41. The van der Waals surface area contributed by atoms with Crippen LogP contribution in [0.2, 0.25) is 0 Å². The van der Waals surface area contributed by atoms with Crippen molar-refractivity contribution in [1.29, 1.82) is 0 Å². The lowest BCUT2D eigenvalue weighted by molar-refractivity contribution is -0.00582. The SMILES string of the molecule is Cc1nccc([C@H]2C[C@@H]3CCN(C(=O)c4cscn4)C[C@H]3O2)n1. The Balaban J connectivity index is 1.45. The Morgan fingerprint density at radius 2 is 2.35 bits per heavy atom. The third kappa shape index (κ3) is 2.86. The van der Waals surface area contributed by atoms with E-state index >= 15 is 0 Å². The zero-order valence-corrected chi connectivity index (χ0v) is 13.7. The Hall–Kier alpha value is -1.86. The second-order valence-electron chi connectivity index (χ2n) is 6.10. The van der Waals surface area contributed by atoms with E-state index in [0.29, 0.717) is 18.2 Å². The number of hydrogen-bond acceptors (Lipinski definition) is 6. The fourth-order valence-corrected chi connectivity index (χ4v) is 3.97. The van der Waals surface area contributed by atoms with Crippen molar-refractivity contribution < 1.29 is 9.53 Å². The molecule has 0 aromatic carbocycles. The molecule has 0 radical (unpaired) electrons. The lowest BCUT2D eigenvalue weighted by Crippen LogP contribution is -2.45. The highest BCUT2D eigenvalue weighted by Crippen LogP contribution is 2.40. The van der Waals surface area contributed by atoms with Gasteiger partial charge in [0.1, 0.15) is 17.6 Å². The van der Waals surface area contributed by atoms with Crippen LogP contribution in [0.1, 0.15) is 41.0 Å². The summed E-state index contributed by atoms with van der Waals surface area (Å²) in [5.41, 5.74) is 3.18. The van der Waals surface area contributed by atoms with E-state index in [1.165, 1.54) is 11.3 Å². The molecule has 0 unspecified atom stereocenters. The first-order valence-electron chi connectivity index (χ1n) is 7.83. The van der Waals surface area contributed by atoms with Crippen LogP contribution in [-0.2, 0) is 4.74 Å². The van der Waals surface area contributed by atoms with Gasteiger partial charge in [0.25, 0.3) is 5.91 Å². The van der Waals surface area contributed by atoms with Crippen molar-refractivity contribution in [3.8, 4) is 0 Å². The van der Waals surface area contributed by atoms with E-state index in [4.69, 9.17) is 4.74 Å². The van der Waals surface area contributed by atoms with Crippen LogP contribution in [0.25, 0.3) is 0 Å². The van der Waals surface area contributed by atoms with Crippen molar-refractivity contribution in [1.82, 2.24) is 19.9 Å². The predicted octanol–water partition coefficient (Wildman–Crippen LogP) is 2.23. The van der Waals surface area contributed by atoms with Crippen molar-refractivity contribution >= 4 is 17.2 Å². The van der Waals surface area contributed by atoms with Crippen LogP contribution in [0.15, 0.2) is 23.2 Å². The number of hydrogen-bond donors (Lipinski definition) is 0. The zero-order valence-electron chi connectivity index (χ0n) is 12.9. The van der Waals surface area contributed by atoms with Crippen LogP contribution in [0.5, 0.6) is 0 Å². The fraction of sp³-hybridized carbons (Fsp3) is 0.500. The predicted molar refractivity (Wildman–Crippen MR) is 85.1 cm³/mol. The quantitative estimate of drug-likeness (QED) is 0.845. The first-order valence-corrected chi connectivity index (χ1v) is 8.77. The first-order chi connectivity index (χ1) is 11.2. The van der Waals surface area contributed by atoms with E-state index in [9.17, 15) is 4.79 Å². The third-order valence-corrected chi connectivity index (χ3v) is 5.20. The minimum absolute atomic E-state index is 0.00892. The minimum atomic E-state index is 0.00892. The summed E-state index contributed by atoms with van der Waals surface area (Å²) in [6.45, 7) is 3.30. The molecule has 0 N–H and O–H groups in total. The number of nitrogens with zero attached hydrogens (tertiary/aromatic N) is 4. The molecule has 1 amide bonds. The van der Waals surface area contributed by atoms with Crippen LogP contribution in [0.4, 0.5) is 0 Å². The Labute approximate surface area is 138 Å². The molecule has 2 aromatic heterocycles. The number of likely N-dealkylation sites (tertiary alicyclic amines) is 1. The molecule has 2 saturated heterocycles. The highest BCUT2D eigenvalue weighted by molar-refractivity contribution is 7.07. The van der Waals surface area contributed by atoms with Gasteiger partial charge in [0.15, 0.2) is 0 Å². The second-order valence-corrected chi connectivity index (χ2v) is 6.82. The Morgan fingerprint density at radius 3 is 3.13 bits per heavy atom. The van der Waals surface area contributed by atoms with Crippen LogP contribution >= 0.6 is 11.3 Å². The Kier molecular flexibility index (Phi) is 3.82. The van der Waals surface area contributed by atoms with E-state index in [1.54, 1.807) is 17.1 Å². The molecule has 120 valence electrons. The first kappa shape index (κ1) is 14.7. The number of ether oxygens (including phenoxy) is 1. The van der Waals surface area contributed by atoms with E-state index in [-0.39, 0.29) is 18.1 Å². The molecule has 0 spiro atoms. The summed E-state index contributed by atoms with van der Waals surface area (Å²) < 4.78 is 6.20. The monoisotopic (exact) mass is 330 g/mol. The zero-order chi connectivity index (χ0) is 15.8. The summed E-state index contributed by atoms with van der Waals surface area (Å²) >= 11 is 1.45.